The minimum absolute atomic E-state index is 0.0233. The number of para-hydroxylation sites is 2. The molecule has 2 aromatic carbocycles. The lowest BCUT2D eigenvalue weighted by Crippen LogP contribution is -2.20. The highest BCUT2D eigenvalue weighted by molar-refractivity contribution is 7.99. The minimum Gasteiger partial charge on any atom is -0.272 e. The van der Waals surface area contributed by atoms with Gasteiger partial charge < -0.3 is 0 Å². The van der Waals surface area contributed by atoms with E-state index in [1.807, 2.05) is 47.0 Å². The number of benzene rings is 2. The average molecular weight is 459 g/mol. The van der Waals surface area contributed by atoms with Crippen molar-refractivity contribution in [1.82, 2.24) is 25.2 Å². The molecule has 0 atom stereocenters. The Balaban J connectivity index is 1.48. The van der Waals surface area contributed by atoms with Gasteiger partial charge in [-0.25, -0.2) is 5.43 Å². The van der Waals surface area contributed by atoms with E-state index in [1.165, 1.54) is 24.0 Å². The van der Waals surface area contributed by atoms with Gasteiger partial charge in [-0.3, -0.25) is 24.5 Å². The molecule has 2 heterocycles. The number of nitro benzene ring substituents is 1. The highest BCUT2D eigenvalue weighted by Gasteiger charge is 2.17. The number of thioether (sulfide) groups is 1. The molecule has 0 aliphatic heterocycles. The molecule has 0 radical (unpaired) electrons. The zero-order chi connectivity index (χ0) is 23.0. The number of nitrogens with zero attached hydrogens (tertiary/aromatic N) is 6. The third-order valence-electron chi connectivity index (χ3n) is 4.44. The van der Waals surface area contributed by atoms with Gasteiger partial charge in [0.15, 0.2) is 11.0 Å². The molecule has 1 N–H and O–H groups in total. The normalized spacial score (nSPS) is 10.9. The smallest absolute Gasteiger partial charge is 0.272 e. The summed E-state index contributed by atoms with van der Waals surface area (Å²) in [5.74, 6) is 0.263. The first-order chi connectivity index (χ1) is 16.1. The lowest BCUT2D eigenvalue weighted by atomic mass is 10.2. The fourth-order valence-electron chi connectivity index (χ4n) is 2.96. The molecule has 1 amide bonds. The lowest BCUT2D eigenvalue weighted by molar-refractivity contribution is -0.385. The Morgan fingerprint density at radius 3 is 2.55 bits per heavy atom. The third-order valence-corrected chi connectivity index (χ3v) is 5.37. The fraction of sp³-hybridized carbons (Fsp3) is 0.0455. The molecule has 0 saturated heterocycles. The van der Waals surface area contributed by atoms with Crippen molar-refractivity contribution in [3.8, 4) is 17.1 Å². The Hall–Kier alpha value is -4.38. The number of carbonyl (C=O) groups excluding carboxylic acids is 1. The number of hydrazone groups is 1. The van der Waals surface area contributed by atoms with Crippen molar-refractivity contribution in [3.05, 3.63) is 94.8 Å². The van der Waals surface area contributed by atoms with Crippen LogP contribution in [0.15, 0.2) is 89.4 Å². The Morgan fingerprint density at radius 1 is 1.06 bits per heavy atom. The third kappa shape index (κ3) is 5.28. The van der Waals surface area contributed by atoms with E-state index >= 15 is 0 Å². The van der Waals surface area contributed by atoms with Gasteiger partial charge in [0.05, 0.1) is 22.5 Å². The standard InChI is InChI=1S/C22H17N7O3S/c30-20(25-24-14-17-6-4-5-9-19(17)29(31)32)15-33-22-27-26-21(16-10-12-23-13-11-16)28(22)18-7-2-1-3-8-18/h1-14H,15H2,(H,25,30). The molecule has 4 aromatic rings. The second kappa shape index (κ2) is 10.3. The zero-order valence-corrected chi connectivity index (χ0v) is 17.9. The molecule has 0 bridgehead atoms. The quantitative estimate of drug-likeness (QED) is 0.185. The summed E-state index contributed by atoms with van der Waals surface area (Å²) in [4.78, 5) is 26.9. The van der Waals surface area contributed by atoms with Crippen LogP contribution in [-0.2, 0) is 4.79 Å². The maximum absolute atomic E-state index is 12.3. The number of hydrogen-bond donors (Lipinski definition) is 1. The molecule has 0 unspecified atom stereocenters. The Morgan fingerprint density at radius 2 is 1.79 bits per heavy atom. The first-order valence-electron chi connectivity index (χ1n) is 9.73. The van der Waals surface area contributed by atoms with E-state index < -0.39 is 4.92 Å². The lowest BCUT2D eigenvalue weighted by Gasteiger charge is -2.10. The summed E-state index contributed by atoms with van der Waals surface area (Å²) in [6.07, 6.45) is 4.60. The van der Waals surface area contributed by atoms with E-state index in [-0.39, 0.29) is 17.3 Å². The molecular formula is C22H17N7O3S. The number of aromatic nitrogens is 4. The van der Waals surface area contributed by atoms with Crippen molar-refractivity contribution in [2.24, 2.45) is 5.10 Å². The van der Waals surface area contributed by atoms with Crippen LogP contribution in [0, 0.1) is 10.1 Å². The SMILES string of the molecule is O=C(CSc1nnc(-c2ccncc2)n1-c1ccccc1)NN=Cc1ccccc1[N+](=O)[O-]. The van der Waals surface area contributed by atoms with Crippen LogP contribution < -0.4 is 5.43 Å². The molecule has 10 nitrogen and oxygen atoms in total. The monoisotopic (exact) mass is 459 g/mol. The molecule has 0 fully saturated rings. The number of amides is 1. The molecule has 164 valence electrons. The summed E-state index contributed by atoms with van der Waals surface area (Å²) in [7, 11) is 0. The van der Waals surface area contributed by atoms with Gasteiger partial charge in [-0.1, -0.05) is 42.1 Å². The maximum atomic E-state index is 12.3. The van der Waals surface area contributed by atoms with E-state index in [9.17, 15) is 14.9 Å². The Bertz CT molecular complexity index is 1290. The molecule has 0 aliphatic rings. The molecule has 0 aliphatic carbocycles. The average Bonchev–Trinajstić information content (AvgIpc) is 3.28. The highest BCUT2D eigenvalue weighted by Crippen LogP contribution is 2.27. The van der Waals surface area contributed by atoms with Crippen molar-refractivity contribution in [2.45, 2.75) is 5.16 Å². The van der Waals surface area contributed by atoms with Gasteiger partial charge in [0, 0.05) is 29.7 Å². The number of hydrogen-bond acceptors (Lipinski definition) is 8. The number of pyridine rings is 1. The van der Waals surface area contributed by atoms with Crippen molar-refractivity contribution < 1.29 is 9.72 Å². The van der Waals surface area contributed by atoms with Gasteiger partial charge in [-0.05, 0) is 30.3 Å². The molecule has 4 rings (SSSR count). The van der Waals surface area contributed by atoms with E-state index in [4.69, 9.17) is 0 Å². The van der Waals surface area contributed by atoms with Crippen LogP contribution >= 0.6 is 11.8 Å². The van der Waals surface area contributed by atoms with Crippen molar-refractivity contribution >= 4 is 29.6 Å². The molecule has 0 spiro atoms. The largest absolute Gasteiger partial charge is 0.278 e. The van der Waals surface area contributed by atoms with Crippen LogP contribution in [0.4, 0.5) is 5.69 Å². The maximum Gasteiger partial charge on any atom is 0.278 e. The van der Waals surface area contributed by atoms with Crippen LogP contribution in [0.5, 0.6) is 0 Å². The molecule has 2 aromatic heterocycles. The summed E-state index contributed by atoms with van der Waals surface area (Å²) in [5, 5.41) is 24.0. The van der Waals surface area contributed by atoms with E-state index in [0.29, 0.717) is 16.5 Å². The zero-order valence-electron chi connectivity index (χ0n) is 17.1. The van der Waals surface area contributed by atoms with E-state index in [0.717, 1.165) is 11.3 Å². The molecule has 11 heteroatoms. The van der Waals surface area contributed by atoms with Gasteiger partial charge in [-0.2, -0.15) is 5.10 Å². The summed E-state index contributed by atoms with van der Waals surface area (Å²) >= 11 is 1.20. The van der Waals surface area contributed by atoms with Gasteiger partial charge in [-0.15, -0.1) is 10.2 Å². The fourth-order valence-corrected chi connectivity index (χ4v) is 3.70. The summed E-state index contributed by atoms with van der Waals surface area (Å²) < 4.78 is 1.86. The first-order valence-corrected chi connectivity index (χ1v) is 10.7. The number of carbonyl (C=O) groups is 1. The summed E-state index contributed by atoms with van der Waals surface area (Å²) in [5.41, 5.74) is 4.28. The van der Waals surface area contributed by atoms with E-state index in [1.54, 1.807) is 30.6 Å². The van der Waals surface area contributed by atoms with Crippen LogP contribution in [-0.4, -0.2) is 42.5 Å². The molecule has 0 saturated carbocycles. The van der Waals surface area contributed by atoms with Crippen molar-refractivity contribution in [1.29, 1.82) is 0 Å². The predicted octanol–water partition coefficient (Wildman–Crippen LogP) is 3.48. The van der Waals surface area contributed by atoms with Gasteiger partial charge in [0.1, 0.15) is 0 Å². The summed E-state index contributed by atoms with van der Waals surface area (Å²) in [6.45, 7) is 0. The second-order valence-electron chi connectivity index (χ2n) is 6.61. The van der Waals surface area contributed by atoms with Crippen LogP contribution in [0.1, 0.15) is 5.56 Å². The number of nitro groups is 1. The van der Waals surface area contributed by atoms with Gasteiger partial charge in [0.2, 0.25) is 0 Å². The first kappa shape index (κ1) is 21.8. The predicted molar refractivity (Wildman–Crippen MR) is 124 cm³/mol. The highest BCUT2D eigenvalue weighted by atomic mass is 32.2. The molecular weight excluding hydrogens is 442 g/mol. The number of rotatable bonds is 8. The number of nitrogens with one attached hydrogen (secondary N) is 1. The molecule has 33 heavy (non-hydrogen) atoms. The van der Waals surface area contributed by atoms with Crippen LogP contribution in [0.2, 0.25) is 0 Å². The van der Waals surface area contributed by atoms with Crippen molar-refractivity contribution in [2.75, 3.05) is 5.75 Å². The van der Waals surface area contributed by atoms with Crippen LogP contribution in [0.25, 0.3) is 17.1 Å². The van der Waals surface area contributed by atoms with Gasteiger partial charge in [0.25, 0.3) is 11.6 Å². The van der Waals surface area contributed by atoms with Crippen LogP contribution in [0.3, 0.4) is 0 Å². The second-order valence-corrected chi connectivity index (χ2v) is 7.55. The topological polar surface area (TPSA) is 128 Å². The van der Waals surface area contributed by atoms with E-state index in [2.05, 4.69) is 25.7 Å². The van der Waals surface area contributed by atoms with Gasteiger partial charge >= 0.3 is 0 Å². The van der Waals surface area contributed by atoms with Crippen molar-refractivity contribution in [3.63, 3.8) is 0 Å². The Labute approximate surface area is 192 Å². The Kier molecular flexibility index (Phi) is 6.81. The minimum atomic E-state index is -0.504. The summed E-state index contributed by atoms with van der Waals surface area (Å²) in [6, 6.07) is 19.4.